The first-order chi connectivity index (χ1) is 17.4. The number of fused-ring (bicyclic) bond motifs is 1. The molecule has 36 heavy (non-hydrogen) atoms. The number of ether oxygens (including phenoxy) is 1. The van der Waals surface area contributed by atoms with Crippen LogP contribution in [0.15, 0.2) is 67.0 Å². The average Bonchev–Trinajstić information content (AvgIpc) is 2.91. The quantitative estimate of drug-likeness (QED) is 0.253. The zero-order valence-electron chi connectivity index (χ0n) is 19.7. The van der Waals surface area contributed by atoms with Crippen LogP contribution in [-0.4, -0.2) is 56.5 Å². The lowest BCUT2D eigenvalue weighted by atomic mass is 10.1. The van der Waals surface area contributed by atoms with Gasteiger partial charge in [-0.25, -0.2) is 19.7 Å². The number of benzene rings is 2. The summed E-state index contributed by atoms with van der Waals surface area (Å²) in [5, 5.41) is 10.4. The summed E-state index contributed by atoms with van der Waals surface area (Å²) >= 11 is 0. The van der Waals surface area contributed by atoms with E-state index >= 15 is 0 Å². The maximum Gasteiger partial charge on any atom is 0.345 e. The molecule has 0 unspecified atom stereocenters. The van der Waals surface area contributed by atoms with Crippen molar-refractivity contribution in [3.8, 4) is 29.0 Å². The van der Waals surface area contributed by atoms with Crippen LogP contribution in [0, 0.1) is 11.8 Å². The highest BCUT2D eigenvalue weighted by atomic mass is 16.5. The summed E-state index contributed by atoms with van der Waals surface area (Å²) in [6.45, 7) is 2.28. The summed E-state index contributed by atoms with van der Waals surface area (Å²) in [4.78, 5) is 39.2. The van der Waals surface area contributed by atoms with Gasteiger partial charge >= 0.3 is 5.97 Å². The molecule has 180 valence electrons. The molecule has 0 aliphatic carbocycles. The van der Waals surface area contributed by atoms with Gasteiger partial charge < -0.3 is 20.5 Å². The van der Waals surface area contributed by atoms with Gasteiger partial charge in [-0.1, -0.05) is 42.2 Å². The number of nitrogen functional groups attached to an aromatic ring is 1. The molecular weight excluding hydrogens is 458 g/mol. The maximum atomic E-state index is 12.8. The third kappa shape index (κ3) is 5.29. The molecule has 0 saturated carbocycles. The number of amides is 1. The van der Waals surface area contributed by atoms with E-state index in [-0.39, 0.29) is 11.4 Å². The fraction of sp³-hybridized carbons (Fsp3) is 0.148. The SMILES string of the molecule is CCN(C)C(=O)[C@H](O)C#Cc1cccc(-c2ncc3c(C(=O)Oc4ccccc4)cnc(N)c3n2)c1. The summed E-state index contributed by atoms with van der Waals surface area (Å²) < 4.78 is 5.43. The standard InChI is InChI=1S/C27H23N5O4/c1-3-32(2)26(34)22(33)13-12-17-8-7-9-18(14-17)25-30-15-20-21(16-29-24(28)23(20)31-25)27(35)36-19-10-5-4-6-11-19/h4-11,14-16,22,33H,3H2,1-2H3,(H2,28,29)/t22-/m1/s1. The minimum atomic E-state index is -1.42. The van der Waals surface area contributed by atoms with E-state index in [1.54, 1.807) is 55.6 Å². The van der Waals surface area contributed by atoms with E-state index in [1.165, 1.54) is 17.3 Å². The second-order valence-corrected chi connectivity index (χ2v) is 7.82. The Balaban J connectivity index is 1.64. The van der Waals surface area contributed by atoms with Crippen molar-refractivity contribution >= 4 is 28.6 Å². The maximum absolute atomic E-state index is 12.8. The smallest absolute Gasteiger partial charge is 0.345 e. The van der Waals surface area contributed by atoms with Gasteiger partial charge in [0.2, 0.25) is 0 Å². The van der Waals surface area contributed by atoms with Gasteiger partial charge in [0, 0.05) is 42.5 Å². The highest BCUT2D eigenvalue weighted by Crippen LogP contribution is 2.25. The van der Waals surface area contributed by atoms with Crippen LogP contribution in [0.1, 0.15) is 22.8 Å². The molecule has 1 amide bonds. The molecule has 4 rings (SSSR count). The highest BCUT2D eigenvalue weighted by molar-refractivity contribution is 6.06. The largest absolute Gasteiger partial charge is 0.423 e. The van der Waals surface area contributed by atoms with Crippen LogP contribution in [0.5, 0.6) is 5.75 Å². The number of anilines is 1. The predicted molar refractivity (Wildman–Crippen MR) is 135 cm³/mol. The Hall–Kier alpha value is -4.81. The van der Waals surface area contributed by atoms with Gasteiger partial charge in [0.25, 0.3) is 5.91 Å². The molecule has 0 spiro atoms. The Bertz CT molecular complexity index is 1490. The molecule has 0 radical (unpaired) electrons. The summed E-state index contributed by atoms with van der Waals surface area (Å²) in [6.07, 6.45) is 1.42. The Morgan fingerprint density at radius 1 is 1.11 bits per heavy atom. The molecule has 9 nitrogen and oxygen atoms in total. The van der Waals surface area contributed by atoms with Gasteiger partial charge in [-0.2, -0.15) is 0 Å². The number of para-hydroxylation sites is 1. The molecule has 2 heterocycles. The van der Waals surface area contributed by atoms with Crippen molar-refractivity contribution in [2.24, 2.45) is 0 Å². The van der Waals surface area contributed by atoms with Gasteiger partial charge in [0.1, 0.15) is 17.1 Å². The molecule has 9 heteroatoms. The number of carbonyl (C=O) groups excluding carboxylic acids is 2. The minimum absolute atomic E-state index is 0.141. The Labute approximate surface area is 207 Å². The number of likely N-dealkylation sites (N-methyl/N-ethyl adjacent to an activating group) is 1. The van der Waals surface area contributed by atoms with E-state index in [0.29, 0.717) is 40.1 Å². The fourth-order valence-electron chi connectivity index (χ4n) is 3.31. The van der Waals surface area contributed by atoms with Crippen molar-refractivity contribution in [3.63, 3.8) is 0 Å². The number of nitrogens with two attached hydrogens (primary N) is 1. The van der Waals surface area contributed by atoms with Crippen LogP contribution < -0.4 is 10.5 Å². The number of rotatable bonds is 5. The normalized spacial score (nSPS) is 11.3. The highest BCUT2D eigenvalue weighted by Gasteiger charge is 2.18. The van der Waals surface area contributed by atoms with Gasteiger partial charge in [-0.3, -0.25) is 4.79 Å². The number of hydrogen-bond donors (Lipinski definition) is 2. The topological polar surface area (TPSA) is 132 Å². The van der Waals surface area contributed by atoms with Crippen molar-refractivity contribution in [1.82, 2.24) is 19.9 Å². The molecule has 3 N–H and O–H groups in total. The van der Waals surface area contributed by atoms with Crippen molar-refractivity contribution in [3.05, 3.63) is 78.1 Å². The molecule has 0 fully saturated rings. The lowest BCUT2D eigenvalue weighted by Gasteiger charge is -2.15. The van der Waals surface area contributed by atoms with Gasteiger partial charge in [-0.15, -0.1) is 0 Å². The Morgan fingerprint density at radius 3 is 2.64 bits per heavy atom. The average molecular weight is 482 g/mol. The van der Waals surface area contributed by atoms with Crippen molar-refractivity contribution < 1.29 is 19.4 Å². The first kappa shape index (κ1) is 24.3. The van der Waals surface area contributed by atoms with E-state index in [1.807, 2.05) is 13.0 Å². The van der Waals surface area contributed by atoms with Crippen molar-refractivity contribution in [1.29, 1.82) is 0 Å². The van der Waals surface area contributed by atoms with Crippen LogP contribution in [0.3, 0.4) is 0 Å². The number of pyridine rings is 1. The van der Waals surface area contributed by atoms with Crippen LogP contribution >= 0.6 is 0 Å². The zero-order valence-corrected chi connectivity index (χ0v) is 19.7. The van der Waals surface area contributed by atoms with Crippen molar-refractivity contribution in [2.75, 3.05) is 19.3 Å². The zero-order chi connectivity index (χ0) is 25.7. The number of aliphatic hydroxyl groups is 1. The lowest BCUT2D eigenvalue weighted by molar-refractivity contribution is -0.135. The molecule has 4 aromatic rings. The molecule has 0 aliphatic rings. The second kappa shape index (κ2) is 10.6. The van der Waals surface area contributed by atoms with Crippen LogP contribution in [-0.2, 0) is 4.79 Å². The van der Waals surface area contributed by atoms with E-state index < -0.39 is 18.0 Å². The van der Waals surface area contributed by atoms with Gasteiger partial charge in [-0.05, 0) is 31.2 Å². The van der Waals surface area contributed by atoms with Crippen LogP contribution in [0.4, 0.5) is 5.82 Å². The number of aliphatic hydroxyl groups excluding tert-OH is 1. The minimum Gasteiger partial charge on any atom is -0.423 e. The summed E-state index contributed by atoms with van der Waals surface area (Å²) in [5.74, 6) is 5.18. The molecule has 0 saturated heterocycles. The molecule has 0 bridgehead atoms. The molecule has 1 atom stereocenters. The van der Waals surface area contributed by atoms with E-state index in [9.17, 15) is 14.7 Å². The number of carbonyl (C=O) groups is 2. The van der Waals surface area contributed by atoms with E-state index in [4.69, 9.17) is 10.5 Å². The molecular formula is C27H23N5O4. The predicted octanol–water partition coefficient (Wildman–Crippen LogP) is 2.68. The van der Waals surface area contributed by atoms with Gasteiger partial charge in [0.05, 0.1) is 5.56 Å². The number of hydrogen-bond acceptors (Lipinski definition) is 8. The number of aromatic nitrogens is 3. The number of nitrogens with zero attached hydrogens (tertiary/aromatic N) is 4. The van der Waals surface area contributed by atoms with Crippen LogP contribution in [0.2, 0.25) is 0 Å². The monoisotopic (exact) mass is 481 g/mol. The van der Waals surface area contributed by atoms with Crippen molar-refractivity contribution in [2.45, 2.75) is 13.0 Å². The number of esters is 1. The van der Waals surface area contributed by atoms with Gasteiger partial charge in [0.15, 0.2) is 11.9 Å². The third-order valence-electron chi connectivity index (χ3n) is 5.39. The first-order valence-corrected chi connectivity index (χ1v) is 11.1. The third-order valence-corrected chi connectivity index (χ3v) is 5.39. The summed E-state index contributed by atoms with van der Waals surface area (Å²) in [6, 6.07) is 15.7. The molecule has 2 aromatic carbocycles. The second-order valence-electron chi connectivity index (χ2n) is 7.82. The first-order valence-electron chi connectivity index (χ1n) is 11.1. The van der Waals surface area contributed by atoms with E-state index in [0.717, 1.165) is 0 Å². The lowest BCUT2D eigenvalue weighted by Crippen LogP contribution is -2.35. The molecule has 0 aliphatic heterocycles. The molecule has 2 aromatic heterocycles. The fourth-order valence-corrected chi connectivity index (χ4v) is 3.31. The Morgan fingerprint density at radius 2 is 1.89 bits per heavy atom. The summed E-state index contributed by atoms with van der Waals surface area (Å²) in [5.41, 5.74) is 7.75. The van der Waals surface area contributed by atoms with E-state index in [2.05, 4.69) is 26.8 Å². The summed E-state index contributed by atoms with van der Waals surface area (Å²) in [7, 11) is 1.60. The van der Waals surface area contributed by atoms with Crippen LogP contribution in [0.25, 0.3) is 22.3 Å². The Kier molecular flexibility index (Phi) is 7.18.